The van der Waals surface area contributed by atoms with Crippen molar-refractivity contribution in [2.75, 3.05) is 0 Å². The third-order valence-electron chi connectivity index (χ3n) is 3.61. The van der Waals surface area contributed by atoms with Gasteiger partial charge in [0.15, 0.2) is 9.84 Å². The second kappa shape index (κ2) is 6.95. The Hall–Kier alpha value is -1.27. The molecule has 1 aromatic rings. The highest BCUT2D eigenvalue weighted by Crippen LogP contribution is 2.25. The van der Waals surface area contributed by atoms with Crippen molar-refractivity contribution in [1.29, 1.82) is 0 Å². The lowest BCUT2D eigenvalue weighted by Gasteiger charge is -2.16. The molecule has 3 heteroatoms. The summed E-state index contributed by atoms with van der Waals surface area (Å²) in [5, 5.41) is -0.389. The molecule has 0 aliphatic rings. The topological polar surface area (TPSA) is 34.1 Å². The van der Waals surface area contributed by atoms with Crippen LogP contribution in [0.1, 0.15) is 52.5 Å². The Kier molecular flexibility index (Phi) is 5.83. The van der Waals surface area contributed by atoms with Crippen LogP contribution in [-0.4, -0.2) is 13.7 Å². The number of sulfone groups is 1. The van der Waals surface area contributed by atoms with Crippen LogP contribution in [0.2, 0.25) is 0 Å². The van der Waals surface area contributed by atoms with Gasteiger partial charge in [-0.1, -0.05) is 38.8 Å². The summed E-state index contributed by atoms with van der Waals surface area (Å²) < 4.78 is 24.1. The van der Waals surface area contributed by atoms with Crippen molar-refractivity contribution in [3.05, 3.63) is 29.8 Å². The maximum atomic E-state index is 12.1. The molecule has 0 spiro atoms. The molecule has 0 saturated heterocycles. The molecule has 1 rings (SSSR count). The Balaban J connectivity index is 2.97. The van der Waals surface area contributed by atoms with Gasteiger partial charge in [0.1, 0.15) is 0 Å². The van der Waals surface area contributed by atoms with Gasteiger partial charge in [0.25, 0.3) is 0 Å². The molecule has 110 valence electrons. The zero-order chi connectivity index (χ0) is 15.3. The predicted molar refractivity (Wildman–Crippen MR) is 84.4 cm³/mol. The van der Waals surface area contributed by atoms with Crippen LogP contribution < -0.4 is 0 Å². The lowest BCUT2D eigenvalue weighted by atomic mass is 9.89. The van der Waals surface area contributed by atoms with Crippen LogP contribution >= 0.6 is 0 Å². The highest BCUT2D eigenvalue weighted by molar-refractivity contribution is 7.92. The lowest BCUT2D eigenvalue weighted by molar-refractivity contribution is 0.586. The third kappa shape index (κ3) is 3.86. The van der Waals surface area contributed by atoms with E-state index in [1.165, 1.54) is 0 Å². The van der Waals surface area contributed by atoms with E-state index in [0.717, 1.165) is 12.0 Å². The van der Waals surface area contributed by atoms with Crippen molar-refractivity contribution in [3.8, 4) is 11.8 Å². The first kappa shape index (κ1) is 16.8. The SMILES string of the molecule is CCC#CC(C)C(C)c1ccc(S(=O)(=O)C(C)C)cc1. The van der Waals surface area contributed by atoms with Gasteiger partial charge in [-0.3, -0.25) is 0 Å². The van der Waals surface area contributed by atoms with E-state index in [2.05, 4.69) is 25.7 Å². The molecule has 1 aromatic carbocycles. The van der Waals surface area contributed by atoms with Gasteiger partial charge in [-0.2, -0.15) is 0 Å². The average Bonchev–Trinajstić information content (AvgIpc) is 2.43. The second-order valence-corrected chi connectivity index (χ2v) is 7.92. The van der Waals surface area contributed by atoms with E-state index in [-0.39, 0.29) is 11.2 Å². The number of benzene rings is 1. The summed E-state index contributed by atoms with van der Waals surface area (Å²) >= 11 is 0. The summed E-state index contributed by atoms with van der Waals surface area (Å²) in [7, 11) is -3.18. The van der Waals surface area contributed by atoms with E-state index in [9.17, 15) is 8.42 Å². The molecule has 0 saturated carbocycles. The molecular weight excluding hydrogens is 268 g/mol. The Morgan fingerprint density at radius 1 is 1.05 bits per heavy atom. The van der Waals surface area contributed by atoms with Crippen LogP contribution in [0.15, 0.2) is 29.2 Å². The van der Waals surface area contributed by atoms with E-state index < -0.39 is 9.84 Å². The van der Waals surface area contributed by atoms with Crippen molar-refractivity contribution >= 4 is 9.84 Å². The van der Waals surface area contributed by atoms with Crippen LogP contribution in [0.5, 0.6) is 0 Å². The summed E-state index contributed by atoms with van der Waals surface area (Å²) in [6.45, 7) is 9.67. The van der Waals surface area contributed by atoms with E-state index in [4.69, 9.17) is 0 Å². The normalized spacial score (nSPS) is 14.5. The summed E-state index contributed by atoms with van der Waals surface area (Å²) in [5.41, 5.74) is 1.13. The van der Waals surface area contributed by atoms with Gasteiger partial charge in [0.2, 0.25) is 0 Å². The molecule has 2 atom stereocenters. The van der Waals surface area contributed by atoms with Crippen molar-refractivity contribution in [3.63, 3.8) is 0 Å². The Bertz CT molecular complexity index is 586. The van der Waals surface area contributed by atoms with E-state index in [1.807, 2.05) is 19.1 Å². The number of hydrogen-bond acceptors (Lipinski definition) is 2. The van der Waals surface area contributed by atoms with Crippen molar-refractivity contribution in [2.45, 2.75) is 57.1 Å². The van der Waals surface area contributed by atoms with Gasteiger partial charge in [-0.25, -0.2) is 8.42 Å². The van der Waals surface area contributed by atoms with Gasteiger partial charge >= 0.3 is 0 Å². The highest BCUT2D eigenvalue weighted by Gasteiger charge is 2.19. The first-order chi connectivity index (χ1) is 9.30. The second-order valence-electron chi connectivity index (χ2n) is 5.41. The number of rotatable bonds is 4. The van der Waals surface area contributed by atoms with Crippen molar-refractivity contribution in [1.82, 2.24) is 0 Å². The molecular formula is C17H24O2S. The molecule has 0 heterocycles. The van der Waals surface area contributed by atoms with Crippen molar-refractivity contribution in [2.24, 2.45) is 5.92 Å². The van der Waals surface area contributed by atoms with Gasteiger partial charge in [-0.05, 0) is 37.5 Å². The number of hydrogen-bond donors (Lipinski definition) is 0. The monoisotopic (exact) mass is 292 g/mol. The standard InChI is InChI=1S/C17H24O2S/c1-6-7-8-14(4)15(5)16-9-11-17(12-10-16)20(18,19)13(2)3/h9-15H,6H2,1-5H3. The summed E-state index contributed by atoms with van der Waals surface area (Å²) in [4.78, 5) is 0.399. The molecule has 0 N–H and O–H groups in total. The third-order valence-corrected chi connectivity index (χ3v) is 5.78. The van der Waals surface area contributed by atoms with Gasteiger partial charge in [0, 0.05) is 12.3 Å². The smallest absolute Gasteiger partial charge is 0.180 e. The first-order valence-electron chi connectivity index (χ1n) is 7.13. The van der Waals surface area contributed by atoms with Crippen molar-refractivity contribution < 1.29 is 8.42 Å². The fraction of sp³-hybridized carbons (Fsp3) is 0.529. The van der Waals surface area contributed by atoms with E-state index >= 15 is 0 Å². The summed E-state index contributed by atoms with van der Waals surface area (Å²) in [6, 6.07) is 7.23. The first-order valence-corrected chi connectivity index (χ1v) is 8.67. The molecule has 2 nitrogen and oxygen atoms in total. The quantitative estimate of drug-likeness (QED) is 0.785. The van der Waals surface area contributed by atoms with Gasteiger partial charge in [0.05, 0.1) is 10.1 Å². The maximum absolute atomic E-state index is 12.1. The van der Waals surface area contributed by atoms with Crippen LogP contribution in [0.25, 0.3) is 0 Å². The maximum Gasteiger partial charge on any atom is 0.180 e. The zero-order valence-corrected chi connectivity index (χ0v) is 13.8. The highest BCUT2D eigenvalue weighted by atomic mass is 32.2. The minimum Gasteiger partial charge on any atom is -0.223 e. The Labute approximate surface area is 123 Å². The lowest BCUT2D eigenvalue weighted by Crippen LogP contribution is -2.14. The molecule has 0 radical (unpaired) electrons. The van der Waals surface area contributed by atoms with E-state index in [0.29, 0.717) is 10.8 Å². The minimum atomic E-state index is -3.18. The molecule has 0 aromatic heterocycles. The largest absolute Gasteiger partial charge is 0.223 e. The fourth-order valence-electron chi connectivity index (χ4n) is 1.91. The van der Waals surface area contributed by atoms with Gasteiger partial charge < -0.3 is 0 Å². The Morgan fingerprint density at radius 3 is 2.05 bits per heavy atom. The Morgan fingerprint density at radius 2 is 1.60 bits per heavy atom. The molecule has 20 heavy (non-hydrogen) atoms. The molecule has 0 bridgehead atoms. The molecule has 0 aliphatic heterocycles. The van der Waals surface area contributed by atoms with Crippen LogP contribution in [0.3, 0.4) is 0 Å². The van der Waals surface area contributed by atoms with E-state index in [1.54, 1.807) is 26.0 Å². The predicted octanol–water partition coefficient (Wildman–Crippen LogP) is 4.02. The molecule has 0 fully saturated rings. The summed E-state index contributed by atoms with van der Waals surface area (Å²) in [6.07, 6.45) is 0.864. The minimum absolute atomic E-state index is 0.266. The summed E-state index contributed by atoms with van der Waals surface area (Å²) in [5.74, 6) is 6.89. The molecule has 0 amide bonds. The fourth-order valence-corrected chi connectivity index (χ4v) is 2.97. The zero-order valence-electron chi connectivity index (χ0n) is 13.0. The molecule has 0 aliphatic carbocycles. The van der Waals surface area contributed by atoms with Crippen LogP contribution in [-0.2, 0) is 9.84 Å². The average molecular weight is 292 g/mol. The van der Waals surface area contributed by atoms with Gasteiger partial charge in [-0.15, -0.1) is 5.92 Å². The van der Waals surface area contributed by atoms with Crippen LogP contribution in [0, 0.1) is 17.8 Å². The van der Waals surface area contributed by atoms with Crippen LogP contribution in [0.4, 0.5) is 0 Å². The molecule has 2 unspecified atom stereocenters.